The van der Waals surface area contributed by atoms with Gasteiger partial charge in [0.05, 0.1) is 0 Å². The summed E-state index contributed by atoms with van der Waals surface area (Å²) in [5, 5.41) is 0. The maximum Gasteiger partial charge on any atom is 0.0349 e. The molecule has 128 valence electrons. The number of rotatable bonds is 2. The van der Waals surface area contributed by atoms with E-state index in [-0.39, 0.29) is 0 Å². The summed E-state index contributed by atoms with van der Waals surface area (Å²) in [5.41, 5.74) is 7.95. The first-order chi connectivity index (χ1) is 11.8. The van der Waals surface area contributed by atoms with Gasteiger partial charge in [-0.1, -0.05) is 18.2 Å². The minimum atomic E-state index is 1.28. The molecular weight excluding hydrogens is 875 g/mol. The molecule has 0 heterocycles. The van der Waals surface area contributed by atoms with Crippen molar-refractivity contribution in [1.29, 1.82) is 0 Å². The number of aryl methyl sites for hydroxylation is 2. The minimum Gasteiger partial charge on any atom is -0.0557 e. The fourth-order valence-electron chi connectivity index (χ4n) is 2.93. The summed E-state index contributed by atoms with van der Waals surface area (Å²) < 4.78 is 6.52. The third-order valence-corrected chi connectivity index (χ3v) is 9.33. The average molecular weight is 888 g/mol. The Morgan fingerprint density at radius 2 is 1.20 bits per heavy atom. The molecule has 0 unspecified atom stereocenters. The molecule has 0 bridgehead atoms. The van der Waals surface area contributed by atoms with Gasteiger partial charge in [0.2, 0.25) is 0 Å². The van der Waals surface area contributed by atoms with Gasteiger partial charge in [-0.15, -0.1) is 0 Å². The summed E-state index contributed by atoms with van der Waals surface area (Å²) in [6.07, 6.45) is 0. The van der Waals surface area contributed by atoms with E-state index in [4.69, 9.17) is 0 Å². The van der Waals surface area contributed by atoms with Gasteiger partial charge >= 0.3 is 0 Å². The van der Waals surface area contributed by atoms with Crippen molar-refractivity contribution in [1.82, 2.24) is 0 Å². The second-order valence-corrected chi connectivity index (χ2v) is 11.7. The summed E-state index contributed by atoms with van der Waals surface area (Å²) in [4.78, 5) is 0. The topological polar surface area (TPSA) is 0 Å². The van der Waals surface area contributed by atoms with Crippen LogP contribution < -0.4 is 0 Å². The normalized spacial score (nSPS) is 11.0. The zero-order chi connectivity index (χ0) is 18.3. The quantitative estimate of drug-likeness (QED) is 0.226. The Balaban J connectivity index is 2.20. The van der Waals surface area contributed by atoms with Gasteiger partial charge in [0, 0.05) is 17.9 Å². The van der Waals surface area contributed by atoms with Crippen LogP contribution in [0.3, 0.4) is 0 Å². The van der Waals surface area contributed by atoms with E-state index in [2.05, 4.69) is 169 Å². The summed E-state index contributed by atoms with van der Waals surface area (Å²) >= 11 is 12.3. The van der Waals surface area contributed by atoms with Crippen molar-refractivity contribution in [3.63, 3.8) is 0 Å². The van der Waals surface area contributed by atoms with Crippen molar-refractivity contribution in [2.75, 3.05) is 0 Å². The van der Waals surface area contributed by atoms with Gasteiger partial charge in [-0.25, -0.2) is 0 Å². The van der Waals surface area contributed by atoms with Crippen LogP contribution in [0.25, 0.3) is 22.3 Å². The molecule has 0 radical (unpaired) electrons. The van der Waals surface area contributed by atoms with Gasteiger partial charge in [-0.05, 0) is 184 Å². The van der Waals surface area contributed by atoms with Gasteiger partial charge in [-0.2, -0.15) is 0 Å². The molecule has 0 aromatic heterocycles. The summed E-state index contributed by atoms with van der Waals surface area (Å²) in [6, 6.07) is 15.8. The average Bonchev–Trinajstić information content (AvgIpc) is 2.49. The molecule has 0 saturated heterocycles. The largest absolute Gasteiger partial charge is 0.0557 e. The fourth-order valence-corrected chi connectivity index (χ4v) is 7.60. The second kappa shape index (κ2) is 8.76. The van der Waals surface area contributed by atoms with E-state index < -0.39 is 0 Å². The Kier molecular flexibility index (Phi) is 7.37. The number of hydrogen-bond acceptors (Lipinski definition) is 0. The number of halogens is 5. The van der Waals surface area contributed by atoms with Crippen LogP contribution in [0.4, 0.5) is 0 Å². The SMILES string of the molecule is Cc1cc(C)c(-c2ccc(-c3cc(I)cc(I)c3)c(I)c2I)c(I)c1. The van der Waals surface area contributed by atoms with Crippen LogP contribution in [-0.4, -0.2) is 0 Å². The molecule has 0 saturated carbocycles. The molecule has 0 aliphatic heterocycles. The molecular formula is C20H13I5. The van der Waals surface area contributed by atoms with Crippen LogP contribution in [0, 0.1) is 31.7 Å². The van der Waals surface area contributed by atoms with Crippen molar-refractivity contribution in [3.8, 4) is 22.3 Å². The third-order valence-electron chi connectivity index (χ3n) is 3.96. The highest BCUT2D eigenvalue weighted by Crippen LogP contribution is 2.39. The van der Waals surface area contributed by atoms with Crippen molar-refractivity contribution in [3.05, 3.63) is 71.4 Å². The van der Waals surface area contributed by atoms with Gasteiger partial charge in [0.15, 0.2) is 0 Å². The van der Waals surface area contributed by atoms with Crippen LogP contribution in [0.2, 0.25) is 0 Å². The Labute approximate surface area is 217 Å². The van der Waals surface area contributed by atoms with Gasteiger partial charge in [0.1, 0.15) is 0 Å². The lowest BCUT2D eigenvalue weighted by molar-refractivity contribution is 1.35. The van der Waals surface area contributed by atoms with E-state index >= 15 is 0 Å². The monoisotopic (exact) mass is 888 g/mol. The summed E-state index contributed by atoms with van der Waals surface area (Å²) in [5.74, 6) is 0. The van der Waals surface area contributed by atoms with Crippen LogP contribution in [0.5, 0.6) is 0 Å². The molecule has 0 nitrogen and oxygen atoms in total. The maximum absolute atomic E-state index is 2.51. The van der Waals surface area contributed by atoms with Gasteiger partial charge < -0.3 is 0 Å². The third kappa shape index (κ3) is 4.66. The molecule has 0 atom stereocenters. The van der Waals surface area contributed by atoms with E-state index in [1.165, 1.54) is 51.2 Å². The van der Waals surface area contributed by atoms with Crippen molar-refractivity contribution >= 4 is 113 Å². The number of benzene rings is 3. The van der Waals surface area contributed by atoms with Crippen LogP contribution in [-0.2, 0) is 0 Å². The van der Waals surface area contributed by atoms with E-state index in [9.17, 15) is 0 Å². The Morgan fingerprint density at radius 3 is 1.80 bits per heavy atom. The predicted molar refractivity (Wildman–Crippen MR) is 150 cm³/mol. The first-order valence-electron chi connectivity index (χ1n) is 7.49. The predicted octanol–water partition coefficient (Wildman–Crippen LogP) is 8.66. The first kappa shape index (κ1) is 21.0. The van der Waals surface area contributed by atoms with Gasteiger partial charge in [0.25, 0.3) is 0 Å². The lowest BCUT2D eigenvalue weighted by atomic mass is 9.96. The highest BCUT2D eigenvalue weighted by Gasteiger charge is 2.16. The second-order valence-electron chi connectivity index (χ2n) is 5.89. The highest BCUT2D eigenvalue weighted by molar-refractivity contribution is 14.1. The van der Waals surface area contributed by atoms with E-state index in [0.29, 0.717) is 0 Å². The summed E-state index contributed by atoms with van der Waals surface area (Å²) in [7, 11) is 0. The minimum absolute atomic E-state index is 1.28. The highest BCUT2D eigenvalue weighted by atomic mass is 127. The molecule has 0 fully saturated rings. The molecule has 0 amide bonds. The molecule has 3 rings (SSSR count). The summed E-state index contributed by atoms with van der Waals surface area (Å²) in [6.45, 7) is 4.37. The van der Waals surface area contributed by atoms with E-state index in [1.54, 1.807) is 0 Å². The standard InChI is InChI=1S/C20H13I5/c1-10-5-11(2)18(17(23)6-10)16-4-3-15(19(24)20(16)25)12-7-13(21)9-14(22)8-12/h3-9H,1-2H3. The molecule has 0 aliphatic rings. The molecule has 3 aromatic carbocycles. The zero-order valence-electron chi connectivity index (χ0n) is 13.4. The van der Waals surface area contributed by atoms with E-state index in [0.717, 1.165) is 0 Å². The van der Waals surface area contributed by atoms with Crippen LogP contribution >= 0.6 is 113 Å². The fraction of sp³-hybridized carbons (Fsp3) is 0.100. The van der Waals surface area contributed by atoms with Crippen molar-refractivity contribution < 1.29 is 0 Å². The van der Waals surface area contributed by atoms with Crippen LogP contribution in [0.15, 0.2) is 42.5 Å². The lowest BCUT2D eigenvalue weighted by Gasteiger charge is -2.16. The van der Waals surface area contributed by atoms with Crippen LogP contribution in [0.1, 0.15) is 11.1 Å². The van der Waals surface area contributed by atoms with E-state index in [1.807, 2.05) is 0 Å². The maximum atomic E-state index is 2.51. The Hall–Kier alpha value is 1.31. The molecule has 3 aromatic rings. The molecule has 0 spiro atoms. The molecule has 25 heavy (non-hydrogen) atoms. The Bertz CT molecular complexity index is 933. The smallest absolute Gasteiger partial charge is 0.0349 e. The molecule has 0 aliphatic carbocycles. The zero-order valence-corrected chi connectivity index (χ0v) is 24.2. The Morgan fingerprint density at radius 1 is 0.640 bits per heavy atom. The molecule has 0 N–H and O–H groups in total. The lowest BCUT2D eigenvalue weighted by Crippen LogP contribution is -1.96. The van der Waals surface area contributed by atoms with Gasteiger partial charge in [-0.3, -0.25) is 0 Å². The van der Waals surface area contributed by atoms with Crippen molar-refractivity contribution in [2.45, 2.75) is 13.8 Å². The first-order valence-corrected chi connectivity index (χ1v) is 12.9. The van der Waals surface area contributed by atoms with Crippen molar-refractivity contribution in [2.24, 2.45) is 0 Å². The molecule has 5 heteroatoms. The number of hydrogen-bond donors (Lipinski definition) is 0.